The van der Waals surface area contributed by atoms with Crippen LogP contribution in [-0.2, 0) is 6.54 Å². The average molecular weight is 323 g/mol. The summed E-state index contributed by atoms with van der Waals surface area (Å²) in [4.78, 5) is 12.4. The van der Waals surface area contributed by atoms with E-state index in [0.29, 0.717) is 24.4 Å². The van der Waals surface area contributed by atoms with Gasteiger partial charge in [-0.15, -0.1) is 0 Å². The molecule has 1 aromatic carbocycles. The predicted molar refractivity (Wildman–Crippen MR) is 81.7 cm³/mol. The molecule has 0 amide bonds. The second-order valence-electron chi connectivity index (χ2n) is 5.36. The number of non-ortho nitro benzene ring substituents is 1. The van der Waals surface area contributed by atoms with E-state index >= 15 is 0 Å². The maximum atomic E-state index is 10.7. The Hall–Kier alpha value is -1.89. The van der Waals surface area contributed by atoms with E-state index in [0.717, 1.165) is 18.7 Å². The van der Waals surface area contributed by atoms with E-state index in [4.69, 9.17) is 16.0 Å². The topological polar surface area (TPSA) is 79.8 Å². The first-order valence-corrected chi connectivity index (χ1v) is 7.34. The van der Waals surface area contributed by atoms with Crippen molar-refractivity contribution in [1.29, 1.82) is 0 Å². The van der Waals surface area contributed by atoms with E-state index in [2.05, 4.69) is 4.90 Å². The molecule has 1 aliphatic rings. The van der Waals surface area contributed by atoms with Gasteiger partial charge in [0.15, 0.2) is 0 Å². The van der Waals surface area contributed by atoms with E-state index in [1.807, 2.05) is 6.07 Å². The van der Waals surface area contributed by atoms with Gasteiger partial charge in [0, 0.05) is 30.8 Å². The van der Waals surface area contributed by atoms with Crippen LogP contribution in [0.25, 0.3) is 11.3 Å². The van der Waals surface area contributed by atoms with Gasteiger partial charge in [-0.3, -0.25) is 15.0 Å². The summed E-state index contributed by atoms with van der Waals surface area (Å²) in [6.45, 7) is 2.12. The summed E-state index contributed by atoms with van der Waals surface area (Å²) in [6.07, 6.45) is 0.514. The number of furan rings is 1. The van der Waals surface area contributed by atoms with E-state index in [1.165, 1.54) is 12.1 Å². The van der Waals surface area contributed by atoms with Crippen LogP contribution in [0, 0.1) is 10.1 Å². The normalized spacial score (nSPS) is 18.7. The first-order valence-electron chi connectivity index (χ1n) is 6.96. The summed E-state index contributed by atoms with van der Waals surface area (Å²) in [5.41, 5.74) is 0.576. The Labute approximate surface area is 132 Å². The third kappa shape index (κ3) is 3.14. The molecular weight excluding hydrogens is 308 g/mol. The molecule has 1 atom stereocenters. The molecule has 22 heavy (non-hydrogen) atoms. The van der Waals surface area contributed by atoms with Crippen molar-refractivity contribution in [3.05, 3.63) is 51.2 Å². The largest absolute Gasteiger partial charge is 0.460 e. The Balaban J connectivity index is 1.77. The van der Waals surface area contributed by atoms with Crippen LogP contribution in [0.1, 0.15) is 12.2 Å². The highest BCUT2D eigenvalue weighted by Crippen LogP contribution is 2.32. The van der Waals surface area contributed by atoms with Gasteiger partial charge in [-0.05, 0) is 24.6 Å². The van der Waals surface area contributed by atoms with E-state index in [9.17, 15) is 15.2 Å². The molecule has 1 N–H and O–H groups in total. The maximum absolute atomic E-state index is 10.7. The molecule has 0 unspecified atom stereocenters. The van der Waals surface area contributed by atoms with E-state index < -0.39 is 4.92 Å². The van der Waals surface area contributed by atoms with Gasteiger partial charge < -0.3 is 9.52 Å². The van der Waals surface area contributed by atoms with Crippen LogP contribution in [0.4, 0.5) is 5.69 Å². The predicted octanol–water partition coefficient (Wildman–Crippen LogP) is 3.07. The van der Waals surface area contributed by atoms with Crippen LogP contribution < -0.4 is 0 Å². The van der Waals surface area contributed by atoms with E-state index in [-0.39, 0.29) is 16.8 Å². The highest BCUT2D eigenvalue weighted by molar-refractivity contribution is 6.33. The summed E-state index contributed by atoms with van der Waals surface area (Å²) < 4.78 is 5.77. The van der Waals surface area contributed by atoms with Crippen LogP contribution in [0.15, 0.2) is 34.7 Å². The average Bonchev–Trinajstić information content (AvgIpc) is 3.08. The van der Waals surface area contributed by atoms with Crippen LogP contribution in [0.5, 0.6) is 0 Å². The number of nitro groups is 1. The highest BCUT2D eigenvalue weighted by atomic mass is 35.5. The third-order valence-corrected chi connectivity index (χ3v) is 4.03. The number of aliphatic hydroxyl groups excluding tert-OH is 1. The number of aliphatic hydroxyl groups is 1. The third-order valence-electron chi connectivity index (χ3n) is 3.72. The summed E-state index contributed by atoms with van der Waals surface area (Å²) >= 11 is 6.10. The zero-order valence-corrected chi connectivity index (χ0v) is 12.5. The number of likely N-dealkylation sites (tertiary alicyclic amines) is 1. The Morgan fingerprint density at radius 1 is 1.41 bits per heavy atom. The number of hydrogen-bond donors (Lipinski definition) is 1. The smallest absolute Gasteiger partial charge is 0.270 e. The number of halogens is 1. The molecule has 7 heteroatoms. The molecule has 2 heterocycles. The van der Waals surface area contributed by atoms with Gasteiger partial charge in [0.2, 0.25) is 0 Å². The minimum absolute atomic E-state index is 0.0495. The highest BCUT2D eigenvalue weighted by Gasteiger charge is 2.21. The van der Waals surface area contributed by atoms with Crippen molar-refractivity contribution in [2.45, 2.75) is 19.1 Å². The zero-order chi connectivity index (χ0) is 15.7. The zero-order valence-electron chi connectivity index (χ0n) is 11.7. The number of hydrogen-bond acceptors (Lipinski definition) is 5. The molecule has 6 nitrogen and oxygen atoms in total. The number of benzene rings is 1. The van der Waals surface area contributed by atoms with Crippen molar-refractivity contribution in [1.82, 2.24) is 4.90 Å². The maximum Gasteiger partial charge on any atom is 0.270 e. The Bertz CT molecular complexity index is 701. The van der Waals surface area contributed by atoms with Gasteiger partial charge in [0.1, 0.15) is 11.5 Å². The summed E-state index contributed by atoms with van der Waals surface area (Å²) in [6, 6.07) is 7.96. The molecule has 1 saturated heterocycles. The standard InChI is InChI=1S/C15H15ClN2O4/c16-14-7-10(18(20)21)1-3-13(14)15-4-2-12(22-15)9-17-6-5-11(19)8-17/h1-4,7,11,19H,5-6,8-9H2/t11-/m1/s1. The van der Waals surface area contributed by atoms with Gasteiger partial charge in [0.05, 0.1) is 22.6 Å². The molecule has 1 fully saturated rings. The molecule has 3 rings (SSSR count). The summed E-state index contributed by atoms with van der Waals surface area (Å²) in [5, 5.41) is 20.5. The lowest BCUT2D eigenvalue weighted by Crippen LogP contribution is -2.21. The lowest BCUT2D eigenvalue weighted by atomic mass is 10.1. The Kier molecular flexibility index (Phi) is 4.15. The van der Waals surface area contributed by atoms with Gasteiger partial charge in [-0.1, -0.05) is 11.6 Å². The Morgan fingerprint density at radius 3 is 2.86 bits per heavy atom. The van der Waals surface area contributed by atoms with Gasteiger partial charge >= 0.3 is 0 Å². The first-order chi connectivity index (χ1) is 10.5. The number of rotatable bonds is 4. The fraction of sp³-hybridized carbons (Fsp3) is 0.333. The Morgan fingerprint density at radius 2 is 2.23 bits per heavy atom. The van der Waals surface area contributed by atoms with Crippen molar-refractivity contribution < 1.29 is 14.4 Å². The molecule has 0 spiro atoms. The number of nitrogens with zero attached hydrogens (tertiary/aromatic N) is 2. The monoisotopic (exact) mass is 322 g/mol. The van der Waals surface area contributed by atoms with Crippen LogP contribution in [0.2, 0.25) is 5.02 Å². The van der Waals surface area contributed by atoms with Gasteiger partial charge in [-0.2, -0.15) is 0 Å². The summed E-state index contributed by atoms with van der Waals surface area (Å²) in [7, 11) is 0. The molecule has 1 aromatic heterocycles. The SMILES string of the molecule is O=[N+]([O-])c1ccc(-c2ccc(CN3CC[C@@H](O)C3)o2)c(Cl)c1. The van der Waals surface area contributed by atoms with Crippen LogP contribution in [0.3, 0.4) is 0 Å². The molecular formula is C15H15ClN2O4. The molecule has 116 valence electrons. The minimum atomic E-state index is -0.484. The van der Waals surface area contributed by atoms with E-state index in [1.54, 1.807) is 12.1 Å². The van der Waals surface area contributed by atoms with Crippen molar-refractivity contribution in [2.75, 3.05) is 13.1 Å². The number of nitro benzene ring substituents is 1. The van der Waals surface area contributed by atoms with Crippen LogP contribution in [-0.4, -0.2) is 34.1 Å². The molecule has 2 aromatic rings. The van der Waals surface area contributed by atoms with Crippen molar-refractivity contribution in [2.24, 2.45) is 0 Å². The minimum Gasteiger partial charge on any atom is -0.460 e. The van der Waals surface area contributed by atoms with Crippen molar-refractivity contribution in [3.63, 3.8) is 0 Å². The van der Waals surface area contributed by atoms with Crippen molar-refractivity contribution in [3.8, 4) is 11.3 Å². The molecule has 0 bridgehead atoms. The first kappa shape index (κ1) is 15.0. The molecule has 0 radical (unpaired) electrons. The van der Waals surface area contributed by atoms with Crippen molar-refractivity contribution >= 4 is 17.3 Å². The second kappa shape index (κ2) is 6.08. The van der Waals surface area contributed by atoms with Gasteiger partial charge in [0.25, 0.3) is 5.69 Å². The second-order valence-corrected chi connectivity index (χ2v) is 5.77. The molecule has 1 aliphatic heterocycles. The lowest BCUT2D eigenvalue weighted by Gasteiger charge is -2.12. The lowest BCUT2D eigenvalue weighted by molar-refractivity contribution is -0.384. The summed E-state index contributed by atoms with van der Waals surface area (Å²) in [5.74, 6) is 1.35. The fourth-order valence-corrected chi connectivity index (χ4v) is 2.87. The quantitative estimate of drug-likeness (QED) is 0.691. The number of β-amino-alcohol motifs (C(OH)–C–C–N with tert-alkyl or cyclic N) is 1. The fourth-order valence-electron chi connectivity index (χ4n) is 2.60. The van der Waals surface area contributed by atoms with Crippen LogP contribution >= 0.6 is 11.6 Å². The molecule has 0 aliphatic carbocycles. The molecule has 0 saturated carbocycles. The van der Waals surface area contributed by atoms with Gasteiger partial charge in [-0.25, -0.2) is 0 Å².